The van der Waals surface area contributed by atoms with E-state index in [4.69, 9.17) is 39.8 Å². The Morgan fingerprint density at radius 3 is 2.35 bits per heavy atom. The number of carbonyl (C=O) groups excluding carboxylic acids is 1. The van der Waals surface area contributed by atoms with Gasteiger partial charge in [-0.2, -0.15) is 5.26 Å². The van der Waals surface area contributed by atoms with Crippen molar-refractivity contribution in [1.82, 2.24) is 19.4 Å². The summed E-state index contributed by atoms with van der Waals surface area (Å²) in [5.74, 6) is -4.13. The van der Waals surface area contributed by atoms with Crippen LogP contribution in [0.4, 0.5) is 14.5 Å². The monoisotopic (exact) mass is 716 g/mol. The molecule has 2 aromatic heterocycles. The first-order chi connectivity index (χ1) is 22.6. The maximum atomic E-state index is 15.6. The van der Waals surface area contributed by atoms with Crippen LogP contribution in [0.2, 0.25) is 15.1 Å². The van der Waals surface area contributed by atoms with Gasteiger partial charge in [0.05, 0.1) is 38.7 Å². The molecule has 1 fully saturated rings. The van der Waals surface area contributed by atoms with E-state index in [-0.39, 0.29) is 76.0 Å². The number of nitriles is 1. The molecule has 3 aromatic rings. The number of amides is 1. The lowest BCUT2D eigenvalue weighted by atomic mass is 9.93. The number of aromatic hydroxyl groups is 1. The molecule has 252 valence electrons. The van der Waals surface area contributed by atoms with Crippen LogP contribution in [0.25, 0.3) is 28.0 Å². The quantitative estimate of drug-likeness (QED) is 0.169. The van der Waals surface area contributed by atoms with E-state index in [1.54, 1.807) is 4.90 Å². The van der Waals surface area contributed by atoms with Crippen molar-refractivity contribution in [3.63, 3.8) is 0 Å². The molecule has 0 saturated carbocycles. The summed E-state index contributed by atoms with van der Waals surface area (Å²) in [5, 5.41) is 19.3. The highest BCUT2D eigenvalue weighted by atomic mass is 35.5. The number of phenolic OH excluding ortho intramolecular Hbond substituents is 1. The molecule has 1 unspecified atom stereocenters. The predicted octanol–water partition coefficient (Wildman–Crippen LogP) is 7.21. The van der Waals surface area contributed by atoms with Crippen molar-refractivity contribution in [2.75, 3.05) is 25.0 Å². The highest BCUT2D eigenvalue weighted by Gasteiger charge is 2.37. The maximum Gasteiger partial charge on any atom is 0.276 e. The van der Waals surface area contributed by atoms with E-state index in [0.717, 1.165) is 5.57 Å². The molecule has 1 N–H and O–H groups in total. The van der Waals surface area contributed by atoms with Crippen LogP contribution in [0.3, 0.4) is 0 Å². The molecule has 0 radical (unpaired) electrons. The molecule has 4 heterocycles. The average Bonchev–Trinajstić information content (AvgIpc) is 3.03. The van der Waals surface area contributed by atoms with Crippen LogP contribution >= 0.6 is 34.8 Å². The highest BCUT2D eigenvalue weighted by molar-refractivity contribution is 6.39. The van der Waals surface area contributed by atoms with Crippen molar-refractivity contribution < 1.29 is 18.7 Å². The van der Waals surface area contributed by atoms with Gasteiger partial charge in [0.2, 0.25) is 5.91 Å². The van der Waals surface area contributed by atoms with Gasteiger partial charge in [0, 0.05) is 37.6 Å². The molecule has 1 aromatic carbocycles. The van der Waals surface area contributed by atoms with Gasteiger partial charge >= 0.3 is 0 Å². The SMILES string of the molecule is C=CC(=O)N1[C@H](C)CN(c2c(C#N)c(=O)n(C3=C(C)C=CN(C)C3C(C)C)c3nc(-c4c(F)c(Cl)c(F)c(O)c4Cl)c(Cl)cc23)C[C@@H]1C. The number of phenols is 1. The molecule has 48 heavy (non-hydrogen) atoms. The van der Waals surface area contributed by atoms with Gasteiger partial charge < -0.3 is 19.8 Å². The van der Waals surface area contributed by atoms with E-state index in [2.05, 4.69) is 12.6 Å². The lowest BCUT2D eigenvalue weighted by molar-refractivity contribution is -0.130. The number of anilines is 1. The van der Waals surface area contributed by atoms with Crippen molar-refractivity contribution in [3.05, 3.63) is 79.2 Å². The van der Waals surface area contributed by atoms with Crippen LogP contribution in [-0.4, -0.2) is 68.6 Å². The first-order valence-electron chi connectivity index (χ1n) is 15.1. The Morgan fingerprint density at radius 1 is 1.17 bits per heavy atom. The topological polar surface area (TPSA) is 106 Å². The number of benzene rings is 1. The van der Waals surface area contributed by atoms with Gasteiger partial charge in [-0.3, -0.25) is 14.2 Å². The number of likely N-dealkylation sites (N-methyl/N-ethyl adjacent to an activating group) is 1. The second-order valence-electron chi connectivity index (χ2n) is 12.4. The van der Waals surface area contributed by atoms with E-state index in [0.29, 0.717) is 5.70 Å². The Morgan fingerprint density at radius 2 is 1.79 bits per heavy atom. The number of nitrogens with zero attached hydrogens (tertiary/aromatic N) is 6. The predicted molar refractivity (Wildman–Crippen MR) is 185 cm³/mol. The van der Waals surface area contributed by atoms with Gasteiger partial charge in [-0.1, -0.05) is 55.2 Å². The van der Waals surface area contributed by atoms with E-state index in [1.165, 1.54) is 16.7 Å². The number of halogens is 5. The van der Waals surface area contributed by atoms with E-state index >= 15 is 4.39 Å². The number of hydrogen-bond acceptors (Lipinski definition) is 7. The number of rotatable bonds is 5. The molecule has 0 spiro atoms. The third-order valence-electron chi connectivity index (χ3n) is 8.88. The summed E-state index contributed by atoms with van der Waals surface area (Å²) in [6.45, 7) is 13.6. The molecule has 0 aliphatic carbocycles. The number of aromatic nitrogens is 2. The van der Waals surface area contributed by atoms with Gasteiger partial charge in [-0.25, -0.2) is 13.8 Å². The van der Waals surface area contributed by atoms with Crippen molar-refractivity contribution >= 4 is 63.1 Å². The summed E-state index contributed by atoms with van der Waals surface area (Å²) in [6, 6.07) is 2.52. The molecular formula is C34H33Cl3F2N6O3. The third-order valence-corrected chi connectivity index (χ3v) is 9.87. The Labute approximate surface area is 291 Å². The number of fused-ring (bicyclic) bond motifs is 1. The molecule has 2 aliphatic rings. The summed E-state index contributed by atoms with van der Waals surface area (Å²) >= 11 is 19.0. The van der Waals surface area contributed by atoms with Crippen LogP contribution < -0.4 is 10.5 Å². The Bertz CT molecular complexity index is 2010. The van der Waals surface area contributed by atoms with Crippen LogP contribution in [0.15, 0.2) is 41.4 Å². The Hall–Kier alpha value is -4.11. The zero-order valence-electron chi connectivity index (χ0n) is 27.1. The molecular weight excluding hydrogens is 685 g/mol. The fourth-order valence-corrected chi connectivity index (χ4v) is 7.58. The zero-order chi connectivity index (χ0) is 35.5. The first-order valence-corrected chi connectivity index (χ1v) is 16.3. The minimum Gasteiger partial charge on any atom is -0.504 e. The van der Waals surface area contributed by atoms with Gasteiger partial charge in [0.1, 0.15) is 22.3 Å². The molecule has 14 heteroatoms. The van der Waals surface area contributed by atoms with Crippen molar-refractivity contribution in [3.8, 4) is 23.1 Å². The first kappa shape index (κ1) is 35.2. The minimum atomic E-state index is -1.45. The van der Waals surface area contributed by atoms with Crippen LogP contribution in [0.1, 0.15) is 40.2 Å². The molecule has 5 rings (SSSR count). The van der Waals surface area contributed by atoms with Crippen LogP contribution in [0, 0.1) is 28.9 Å². The summed E-state index contributed by atoms with van der Waals surface area (Å²) in [6.07, 6.45) is 4.96. The standard InChI is InChI=1S/C34H33Cl3F2N6O3/c1-8-22(46)44-17(5)13-43(14-18(44)6)31-19-11-21(35)28(23-24(36)32(47)27(39)25(37)26(23)38)41-33(19)45(34(48)20(31)12-40)30-16(4)9-10-42(7)29(30)15(2)3/h8-11,15,17-18,29,47H,1,13-14H2,2-7H3/t17-,18+,29?. The molecule has 9 nitrogen and oxygen atoms in total. The lowest BCUT2D eigenvalue weighted by Gasteiger charge is -2.45. The average molecular weight is 718 g/mol. The molecule has 1 amide bonds. The fourth-order valence-electron chi connectivity index (χ4n) is 6.90. The number of piperazine rings is 1. The highest BCUT2D eigenvalue weighted by Crippen LogP contribution is 2.46. The number of hydrogen-bond donors (Lipinski definition) is 1. The smallest absolute Gasteiger partial charge is 0.276 e. The number of carbonyl (C=O) groups is 1. The maximum absolute atomic E-state index is 15.6. The third kappa shape index (κ3) is 5.50. The summed E-state index contributed by atoms with van der Waals surface area (Å²) in [7, 11) is 1.86. The minimum absolute atomic E-state index is 0.0115. The molecule has 2 aliphatic heterocycles. The van der Waals surface area contributed by atoms with Gasteiger partial charge in [-0.15, -0.1) is 0 Å². The second-order valence-corrected chi connectivity index (χ2v) is 13.6. The molecule has 3 atom stereocenters. The van der Waals surface area contributed by atoms with E-state index in [1.807, 2.05) is 63.7 Å². The lowest BCUT2D eigenvalue weighted by Crippen LogP contribution is -2.58. The van der Waals surface area contributed by atoms with Crippen LogP contribution in [-0.2, 0) is 4.79 Å². The zero-order valence-corrected chi connectivity index (χ0v) is 29.3. The van der Waals surface area contributed by atoms with Gasteiger partial charge in [0.15, 0.2) is 17.4 Å². The summed E-state index contributed by atoms with van der Waals surface area (Å²) in [4.78, 5) is 37.5. The van der Waals surface area contributed by atoms with Crippen molar-refractivity contribution in [2.24, 2.45) is 5.92 Å². The fraction of sp³-hybridized carbons (Fsp3) is 0.353. The molecule has 1 saturated heterocycles. The Kier molecular flexibility index (Phi) is 9.58. The second kappa shape index (κ2) is 13.1. The Balaban J connectivity index is 1.94. The van der Waals surface area contributed by atoms with E-state index < -0.39 is 38.6 Å². The molecule has 0 bridgehead atoms. The number of pyridine rings is 2. The summed E-state index contributed by atoms with van der Waals surface area (Å²) < 4.78 is 31.4. The van der Waals surface area contributed by atoms with Crippen LogP contribution in [0.5, 0.6) is 5.75 Å². The largest absolute Gasteiger partial charge is 0.504 e. The van der Waals surface area contributed by atoms with Crippen molar-refractivity contribution in [2.45, 2.75) is 52.7 Å². The number of allylic oxidation sites excluding steroid dienone is 2. The normalized spacial score (nSPS) is 19.8. The van der Waals surface area contributed by atoms with Gasteiger partial charge in [0.25, 0.3) is 5.56 Å². The van der Waals surface area contributed by atoms with Crippen molar-refractivity contribution in [1.29, 1.82) is 5.26 Å². The van der Waals surface area contributed by atoms with E-state index in [9.17, 15) is 24.3 Å². The van der Waals surface area contributed by atoms with Gasteiger partial charge in [-0.05, 0) is 56.7 Å². The summed E-state index contributed by atoms with van der Waals surface area (Å²) in [5.41, 5.74) is -0.234.